The lowest BCUT2D eigenvalue weighted by Crippen LogP contribution is -2.28. The lowest BCUT2D eigenvalue weighted by molar-refractivity contribution is -0.119. The van der Waals surface area contributed by atoms with Crippen molar-refractivity contribution in [1.82, 2.24) is 15.3 Å². The summed E-state index contributed by atoms with van der Waals surface area (Å²) in [5, 5.41) is 5.82. The highest BCUT2D eigenvalue weighted by molar-refractivity contribution is 7.99. The predicted molar refractivity (Wildman–Crippen MR) is 94.0 cm³/mol. The van der Waals surface area contributed by atoms with Crippen molar-refractivity contribution in [2.45, 2.75) is 18.1 Å². The number of nitrogens with one attached hydrogen (secondary N) is 2. The molecule has 1 aromatic carbocycles. The number of rotatable bonds is 5. The smallest absolute Gasteiger partial charge is 0.260 e. The lowest BCUT2D eigenvalue weighted by Gasteiger charge is -2.13. The lowest BCUT2D eigenvalue weighted by atomic mass is 10.1. The van der Waals surface area contributed by atoms with E-state index in [4.69, 9.17) is 0 Å². The molecule has 0 aliphatic carbocycles. The summed E-state index contributed by atoms with van der Waals surface area (Å²) in [6, 6.07) is 11.5. The van der Waals surface area contributed by atoms with Gasteiger partial charge in [-0.2, -0.15) is 0 Å². The number of hydrogen-bond donors (Lipinski definition) is 2. The Kier molecular flexibility index (Phi) is 4.78. The van der Waals surface area contributed by atoms with Gasteiger partial charge in [0.25, 0.3) is 5.56 Å². The van der Waals surface area contributed by atoms with Crippen LogP contribution in [0.3, 0.4) is 0 Å². The molecule has 0 fully saturated rings. The topological polar surface area (TPSA) is 74.8 Å². The average Bonchev–Trinajstić information content (AvgIpc) is 3.03. The molecule has 0 radical (unpaired) electrons. The highest BCUT2D eigenvalue weighted by Crippen LogP contribution is 2.19. The maximum absolute atomic E-state index is 12.0. The highest BCUT2D eigenvalue weighted by Gasteiger charge is 2.11. The van der Waals surface area contributed by atoms with Gasteiger partial charge in [0.2, 0.25) is 5.91 Å². The van der Waals surface area contributed by atoms with Gasteiger partial charge < -0.3 is 10.3 Å². The number of H-pyrrole nitrogens is 1. The predicted octanol–water partition coefficient (Wildman–Crippen LogP) is 2.95. The Hall–Kier alpha value is -2.12. The van der Waals surface area contributed by atoms with Gasteiger partial charge in [-0.15, -0.1) is 11.3 Å². The van der Waals surface area contributed by atoms with E-state index in [0.29, 0.717) is 15.4 Å². The Labute approximate surface area is 141 Å². The number of thiophene rings is 1. The first-order valence-electron chi connectivity index (χ1n) is 7.08. The van der Waals surface area contributed by atoms with Crippen LogP contribution in [-0.4, -0.2) is 21.6 Å². The molecule has 0 unspecified atom stereocenters. The van der Waals surface area contributed by atoms with Crippen LogP contribution in [0.2, 0.25) is 0 Å². The van der Waals surface area contributed by atoms with E-state index in [9.17, 15) is 9.59 Å². The van der Waals surface area contributed by atoms with Crippen LogP contribution in [0.5, 0.6) is 0 Å². The number of carbonyl (C=O) groups excluding carboxylic acids is 1. The minimum atomic E-state index is -0.170. The molecule has 7 heteroatoms. The molecule has 5 nitrogen and oxygen atoms in total. The molecule has 0 bridgehead atoms. The summed E-state index contributed by atoms with van der Waals surface area (Å²) in [5.41, 5.74) is 0.884. The molecule has 2 heterocycles. The standard InChI is InChI=1S/C16H15N3O2S2/c1-10(11-5-3-2-4-6-11)17-13(20)9-23-16-18-14(21)12-7-8-22-15(12)19-16/h2-8,10H,9H2,1H3,(H,17,20)(H,18,19,21)/t10-/m1/s1. The Morgan fingerprint density at radius 2 is 2.13 bits per heavy atom. The van der Waals surface area contributed by atoms with Gasteiger partial charge in [0.15, 0.2) is 5.16 Å². The minimum absolute atomic E-state index is 0.0592. The molecule has 3 aromatic rings. The number of aromatic amines is 1. The van der Waals surface area contributed by atoms with Crippen LogP contribution in [0.25, 0.3) is 10.2 Å². The minimum Gasteiger partial charge on any atom is -0.349 e. The van der Waals surface area contributed by atoms with Gasteiger partial charge >= 0.3 is 0 Å². The first-order valence-corrected chi connectivity index (χ1v) is 8.94. The third-order valence-electron chi connectivity index (χ3n) is 3.33. The van der Waals surface area contributed by atoms with Crippen LogP contribution >= 0.6 is 23.1 Å². The zero-order valence-electron chi connectivity index (χ0n) is 12.4. The second-order valence-electron chi connectivity index (χ2n) is 5.00. The van der Waals surface area contributed by atoms with E-state index in [1.54, 1.807) is 6.07 Å². The molecule has 0 aliphatic heterocycles. The van der Waals surface area contributed by atoms with E-state index < -0.39 is 0 Å². The zero-order chi connectivity index (χ0) is 16.2. The molecular weight excluding hydrogens is 330 g/mol. The number of aromatic nitrogens is 2. The maximum atomic E-state index is 12.0. The van der Waals surface area contributed by atoms with Crippen molar-refractivity contribution in [1.29, 1.82) is 0 Å². The van der Waals surface area contributed by atoms with E-state index in [2.05, 4.69) is 15.3 Å². The van der Waals surface area contributed by atoms with Gasteiger partial charge in [0, 0.05) is 0 Å². The van der Waals surface area contributed by atoms with Crippen LogP contribution in [0.15, 0.2) is 51.7 Å². The van der Waals surface area contributed by atoms with E-state index >= 15 is 0 Å². The number of benzene rings is 1. The summed E-state index contributed by atoms with van der Waals surface area (Å²) in [6.45, 7) is 1.94. The summed E-state index contributed by atoms with van der Waals surface area (Å²) >= 11 is 2.64. The molecule has 1 atom stereocenters. The van der Waals surface area contributed by atoms with Crippen molar-refractivity contribution < 1.29 is 4.79 Å². The summed E-state index contributed by atoms with van der Waals surface area (Å²) in [4.78, 5) is 31.7. The Bertz CT molecular complexity index is 874. The Balaban J connectivity index is 1.61. The molecule has 2 aromatic heterocycles. The van der Waals surface area contributed by atoms with Crippen LogP contribution in [0.4, 0.5) is 0 Å². The van der Waals surface area contributed by atoms with E-state index in [1.807, 2.05) is 42.6 Å². The second-order valence-corrected chi connectivity index (χ2v) is 6.86. The van der Waals surface area contributed by atoms with Crippen LogP contribution in [-0.2, 0) is 4.79 Å². The van der Waals surface area contributed by atoms with Gasteiger partial charge in [-0.25, -0.2) is 4.98 Å². The van der Waals surface area contributed by atoms with Crippen molar-refractivity contribution >= 4 is 39.2 Å². The number of hydrogen-bond acceptors (Lipinski definition) is 5. The summed E-state index contributed by atoms with van der Waals surface area (Å²) in [7, 11) is 0. The SMILES string of the molecule is C[C@@H](NC(=O)CSc1nc2sccc2c(=O)[nH]1)c1ccccc1. The number of amides is 1. The normalized spacial score (nSPS) is 12.2. The fourth-order valence-corrected chi connectivity index (χ4v) is 3.65. The van der Waals surface area contributed by atoms with Crippen molar-refractivity contribution in [2.75, 3.05) is 5.75 Å². The quantitative estimate of drug-likeness (QED) is 0.551. The van der Waals surface area contributed by atoms with Gasteiger partial charge in [-0.3, -0.25) is 9.59 Å². The first-order chi connectivity index (χ1) is 11.1. The molecule has 118 valence electrons. The average molecular weight is 345 g/mol. The van der Waals surface area contributed by atoms with E-state index in [0.717, 1.165) is 5.56 Å². The van der Waals surface area contributed by atoms with Gasteiger partial charge in [-0.1, -0.05) is 42.1 Å². The third-order valence-corrected chi connectivity index (χ3v) is 5.01. The van der Waals surface area contributed by atoms with E-state index in [-0.39, 0.29) is 23.3 Å². The summed E-state index contributed by atoms with van der Waals surface area (Å²) in [5.74, 6) is 0.108. The molecular formula is C16H15N3O2S2. The van der Waals surface area contributed by atoms with Crippen molar-refractivity contribution in [3.05, 3.63) is 57.7 Å². The monoisotopic (exact) mass is 345 g/mol. The number of carbonyl (C=O) groups is 1. The third kappa shape index (κ3) is 3.80. The van der Waals surface area contributed by atoms with Crippen molar-refractivity contribution in [3.63, 3.8) is 0 Å². The van der Waals surface area contributed by atoms with E-state index in [1.165, 1.54) is 23.1 Å². The molecule has 0 saturated heterocycles. The molecule has 0 spiro atoms. The van der Waals surface area contributed by atoms with Crippen LogP contribution in [0, 0.1) is 0 Å². The Morgan fingerprint density at radius 1 is 1.35 bits per heavy atom. The fraction of sp³-hybridized carbons (Fsp3) is 0.188. The molecule has 0 aliphatic rings. The maximum Gasteiger partial charge on any atom is 0.260 e. The first kappa shape index (κ1) is 15.8. The molecule has 1 amide bonds. The summed E-state index contributed by atoms with van der Waals surface area (Å²) < 4.78 is 0. The molecule has 0 saturated carbocycles. The largest absolute Gasteiger partial charge is 0.349 e. The number of nitrogens with zero attached hydrogens (tertiary/aromatic N) is 1. The van der Waals surface area contributed by atoms with Gasteiger partial charge in [0.1, 0.15) is 4.83 Å². The van der Waals surface area contributed by atoms with Crippen molar-refractivity contribution in [3.8, 4) is 0 Å². The van der Waals surface area contributed by atoms with Crippen molar-refractivity contribution in [2.24, 2.45) is 0 Å². The second kappa shape index (κ2) is 6.97. The zero-order valence-corrected chi connectivity index (χ0v) is 14.0. The molecule has 2 N–H and O–H groups in total. The Morgan fingerprint density at radius 3 is 2.91 bits per heavy atom. The number of thioether (sulfide) groups is 1. The van der Waals surface area contributed by atoms with Crippen LogP contribution in [0.1, 0.15) is 18.5 Å². The highest BCUT2D eigenvalue weighted by atomic mass is 32.2. The van der Waals surface area contributed by atoms with Crippen LogP contribution < -0.4 is 10.9 Å². The van der Waals surface area contributed by atoms with Gasteiger partial charge in [-0.05, 0) is 23.9 Å². The molecule has 3 rings (SSSR count). The number of fused-ring (bicyclic) bond motifs is 1. The fourth-order valence-electron chi connectivity index (χ4n) is 2.16. The molecule has 23 heavy (non-hydrogen) atoms. The summed E-state index contributed by atoms with van der Waals surface area (Å²) in [6.07, 6.45) is 0. The van der Waals surface area contributed by atoms with Gasteiger partial charge in [0.05, 0.1) is 17.2 Å².